The Kier molecular flexibility index (Phi) is 5.30. The Morgan fingerprint density at radius 1 is 1.43 bits per heavy atom. The van der Waals surface area contributed by atoms with Crippen LogP contribution in [0.15, 0.2) is 22.8 Å². The number of aromatic nitrogens is 4. The Bertz CT molecular complexity index is 696. The van der Waals surface area contributed by atoms with Gasteiger partial charge in [-0.1, -0.05) is 0 Å². The zero-order valence-electron chi connectivity index (χ0n) is 11.8. The van der Waals surface area contributed by atoms with Crippen molar-refractivity contribution >= 4 is 17.0 Å². The summed E-state index contributed by atoms with van der Waals surface area (Å²) in [6, 6.07) is 4.14. The molecule has 0 amide bonds. The molecule has 1 radical (unpaired) electrons. The van der Waals surface area contributed by atoms with Crippen LogP contribution in [0.4, 0.5) is 5.82 Å². The van der Waals surface area contributed by atoms with Crippen LogP contribution in [0.5, 0.6) is 6.01 Å². The predicted molar refractivity (Wildman–Crippen MR) is 72.3 cm³/mol. The third-order valence-electron chi connectivity index (χ3n) is 2.57. The number of ether oxygens (including phenoxy) is 1. The number of anilines is 1. The van der Waals surface area contributed by atoms with Crippen LogP contribution in [0.2, 0.25) is 0 Å². The van der Waals surface area contributed by atoms with Crippen LogP contribution in [0, 0.1) is 6.33 Å². The third kappa shape index (κ3) is 3.80. The molecule has 7 nitrogen and oxygen atoms in total. The molecule has 0 aromatic carbocycles. The molecule has 0 bridgehead atoms. The molecule has 3 aromatic heterocycles. The molecule has 0 saturated heterocycles. The number of fused-ring (bicyclic) bond motifs is 1. The first-order valence-electron chi connectivity index (χ1n) is 6.29. The second-order valence-corrected chi connectivity index (χ2v) is 4.51. The summed E-state index contributed by atoms with van der Waals surface area (Å²) in [5.74, 6) is 1.42. The number of hydrogen-bond donors (Lipinski definition) is 2. The van der Waals surface area contributed by atoms with Gasteiger partial charge in [0, 0.05) is 50.4 Å². The maximum Gasteiger partial charge on any atom is 0.281 e. The molecule has 0 fully saturated rings. The monoisotopic (exact) mass is 361 g/mol. The maximum atomic E-state index is 5.51. The SMILES string of the molecule is CC(C)Oc1nc2n[c-]nc(NCc3ccco3)c2[nH]1.[Y]. The molecule has 3 heterocycles. The Morgan fingerprint density at radius 2 is 2.29 bits per heavy atom. The van der Waals surface area contributed by atoms with Crippen molar-refractivity contribution in [3.8, 4) is 6.01 Å². The van der Waals surface area contributed by atoms with Gasteiger partial charge in [-0.05, 0) is 26.0 Å². The summed E-state index contributed by atoms with van der Waals surface area (Å²) in [6.07, 6.45) is 4.23. The van der Waals surface area contributed by atoms with Gasteiger partial charge in [-0.25, -0.2) is 4.98 Å². The standard InChI is InChI=1S/C13H14N5O2.Y/c1-8(2)20-13-17-10-11(15-7-16-12(10)18-13)14-6-9-4-3-5-19-9;/h3-5,8H,6H2,1-2H3,(H2,14,15,16,17,18);/q-1;. The van der Waals surface area contributed by atoms with Crippen molar-refractivity contribution < 1.29 is 41.9 Å². The summed E-state index contributed by atoms with van der Waals surface area (Å²) in [5.41, 5.74) is 1.20. The minimum Gasteiger partial charge on any atom is -0.468 e. The van der Waals surface area contributed by atoms with E-state index >= 15 is 0 Å². The van der Waals surface area contributed by atoms with Gasteiger partial charge in [0.15, 0.2) is 0 Å². The van der Waals surface area contributed by atoms with E-state index in [0.717, 1.165) is 5.76 Å². The van der Waals surface area contributed by atoms with Crippen molar-refractivity contribution in [2.24, 2.45) is 0 Å². The summed E-state index contributed by atoms with van der Waals surface area (Å²) in [4.78, 5) is 15.4. The number of nitrogens with one attached hydrogen (secondary N) is 2. The summed E-state index contributed by atoms with van der Waals surface area (Å²) >= 11 is 0. The summed E-state index contributed by atoms with van der Waals surface area (Å²) in [7, 11) is 0. The molecule has 0 spiro atoms. The summed E-state index contributed by atoms with van der Waals surface area (Å²) in [6.45, 7) is 4.38. The summed E-state index contributed by atoms with van der Waals surface area (Å²) < 4.78 is 10.8. The zero-order chi connectivity index (χ0) is 13.9. The van der Waals surface area contributed by atoms with Crippen LogP contribution in [0.1, 0.15) is 19.6 Å². The van der Waals surface area contributed by atoms with Gasteiger partial charge < -0.3 is 29.4 Å². The Hall–Kier alpha value is -1.47. The second-order valence-electron chi connectivity index (χ2n) is 4.51. The fraction of sp³-hybridized carbons (Fsp3) is 0.308. The topological polar surface area (TPSA) is 88.9 Å². The van der Waals surface area contributed by atoms with Crippen LogP contribution in [0.25, 0.3) is 11.2 Å². The number of aromatic amines is 1. The molecule has 3 aromatic rings. The first-order chi connectivity index (χ1) is 9.72. The molecule has 0 unspecified atom stereocenters. The molecular formula is C13H14N5O2Y-. The van der Waals surface area contributed by atoms with E-state index in [-0.39, 0.29) is 38.8 Å². The van der Waals surface area contributed by atoms with Gasteiger partial charge >= 0.3 is 0 Å². The fourth-order valence-electron chi connectivity index (χ4n) is 1.76. The van der Waals surface area contributed by atoms with E-state index in [9.17, 15) is 0 Å². The van der Waals surface area contributed by atoms with Gasteiger partial charge in [0.1, 0.15) is 5.76 Å². The Labute approximate surface area is 146 Å². The number of nitrogens with zero attached hydrogens (tertiary/aromatic N) is 3. The minimum absolute atomic E-state index is 0. The molecule has 0 aliphatic heterocycles. The zero-order valence-corrected chi connectivity index (χ0v) is 14.6. The van der Waals surface area contributed by atoms with Gasteiger partial charge in [0.25, 0.3) is 6.01 Å². The molecule has 0 saturated carbocycles. The van der Waals surface area contributed by atoms with E-state index in [1.165, 1.54) is 0 Å². The number of H-pyrrole nitrogens is 1. The molecule has 0 atom stereocenters. The normalized spacial score (nSPS) is 10.6. The largest absolute Gasteiger partial charge is 0.468 e. The van der Waals surface area contributed by atoms with E-state index in [4.69, 9.17) is 9.15 Å². The molecule has 2 N–H and O–H groups in total. The second kappa shape index (κ2) is 7.00. The smallest absolute Gasteiger partial charge is 0.281 e. The van der Waals surface area contributed by atoms with Crippen LogP contribution < -0.4 is 10.1 Å². The van der Waals surface area contributed by atoms with Gasteiger partial charge in [-0.2, -0.15) is 0 Å². The number of furan rings is 1. The molecule has 0 aliphatic rings. The number of hydrogen-bond acceptors (Lipinski definition) is 6. The van der Waals surface area contributed by atoms with Crippen molar-refractivity contribution in [2.45, 2.75) is 26.5 Å². The molecule has 107 valence electrons. The molecule has 0 aliphatic carbocycles. The number of rotatable bonds is 5. The van der Waals surface area contributed by atoms with Gasteiger partial charge in [-0.15, -0.1) is 0 Å². The van der Waals surface area contributed by atoms with Crippen LogP contribution in [-0.2, 0) is 39.3 Å². The Balaban J connectivity index is 0.00000161. The molecule has 3 rings (SSSR count). The first-order valence-corrected chi connectivity index (χ1v) is 6.29. The van der Waals surface area contributed by atoms with Gasteiger partial charge in [-0.3, -0.25) is 0 Å². The minimum atomic E-state index is 0. The first kappa shape index (κ1) is 15.9. The summed E-state index contributed by atoms with van der Waals surface area (Å²) in [5, 5.41) is 3.15. The van der Waals surface area contributed by atoms with Crippen molar-refractivity contribution in [1.29, 1.82) is 0 Å². The third-order valence-corrected chi connectivity index (χ3v) is 2.57. The molecule has 8 heteroatoms. The average molecular weight is 361 g/mol. The average Bonchev–Trinajstić information content (AvgIpc) is 3.03. The Morgan fingerprint density at radius 3 is 3.00 bits per heavy atom. The molecule has 21 heavy (non-hydrogen) atoms. The van der Waals surface area contributed by atoms with E-state index in [0.29, 0.717) is 29.5 Å². The van der Waals surface area contributed by atoms with Crippen molar-refractivity contribution in [1.82, 2.24) is 19.9 Å². The van der Waals surface area contributed by atoms with Crippen LogP contribution in [-0.4, -0.2) is 26.0 Å². The van der Waals surface area contributed by atoms with E-state index < -0.39 is 0 Å². The maximum absolute atomic E-state index is 5.51. The fourth-order valence-corrected chi connectivity index (χ4v) is 1.76. The van der Waals surface area contributed by atoms with E-state index in [1.54, 1.807) is 6.26 Å². The van der Waals surface area contributed by atoms with Gasteiger partial charge in [0.2, 0.25) is 0 Å². The van der Waals surface area contributed by atoms with E-state index in [2.05, 4.69) is 31.6 Å². The molecular weight excluding hydrogens is 347 g/mol. The van der Waals surface area contributed by atoms with Crippen LogP contribution >= 0.6 is 0 Å². The van der Waals surface area contributed by atoms with Crippen LogP contribution in [0.3, 0.4) is 0 Å². The predicted octanol–water partition coefficient (Wildman–Crippen LogP) is 2.14. The van der Waals surface area contributed by atoms with Crippen molar-refractivity contribution in [2.75, 3.05) is 5.32 Å². The quantitative estimate of drug-likeness (QED) is 0.677. The number of imidazole rings is 1. The van der Waals surface area contributed by atoms with Gasteiger partial charge in [0.05, 0.1) is 24.6 Å². The van der Waals surface area contributed by atoms with Crippen molar-refractivity contribution in [3.05, 3.63) is 30.5 Å². The van der Waals surface area contributed by atoms with Crippen molar-refractivity contribution in [3.63, 3.8) is 0 Å². The van der Waals surface area contributed by atoms with E-state index in [1.807, 2.05) is 26.0 Å².